The molecule has 0 spiro atoms. The number of amides is 1. The van der Waals surface area contributed by atoms with Gasteiger partial charge in [0.1, 0.15) is 0 Å². The highest BCUT2D eigenvalue weighted by molar-refractivity contribution is 5.92. The van der Waals surface area contributed by atoms with Gasteiger partial charge in [-0.05, 0) is 50.6 Å². The Hall–Kier alpha value is -1.88. The van der Waals surface area contributed by atoms with Crippen LogP contribution in [-0.2, 0) is 20.7 Å². The van der Waals surface area contributed by atoms with Crippen molar-refractivity contribution in [3.63, 3.8) is 0 Å². The van der Waals surface area contributed by atoms with Gasteiger partial charge < -0.3 is 10.1 Å². The molecule has 0 atom stereocenters. The Kier molecular flexibility index (Phi) is 6.40. The molecule has 22 heavy (non-hydrogen) atoms. The summed E-state index contributed by atoms with van der Waals surface area (Å²) >= 11 is 0. The van der Waals surface area contributed by atoms with E-state index in [1.165, 1.54) is 19.3 Å². The predicted molar refractivity (Wildman–Crippen MR) is 85.7 cm³/mol. The molecule has 1 N–H and O–H groups in total. The summed E-state index contributed by atoms with van der Waals surface area (Å²) in [5.41, 5.74) is 1.64. The van der Waals surface area contributed by atoms with Crippen LogP contribution in [0.1, 0.15) is 31.7 Å². The molecule has 1 aromatic rings. The molecule has 0 aliphatic carbocycles. The van der Waals surface area contributed by atoms with Crippen molar-refractivity contribution in [2.45, 2.75) is 32.6 Å². The van der Waals surface area contributed by atoms with Gasteiger partial charge in [0, 0.05) is 5.69 Å². The Morgan fingerprint density at radius 1 is 1.14 bits per heavy atom. The van der Waals surface area contributed by atoms with Crippen molar-refractivity contribution >= 4 is 17.6 Å². The number of nitrogens with one attached hydrogen (secondary N) is 1. The second-order valence-electron chi connectivity index (χ2n) is 5.56. The van der Waals surface area contributed by atoms with Gasteiger partial charge in [0.25, 0.3) is 0 Å². The molecule has 0 bridgehead atoms. The zero-order valence-electron chi connectivity index (χ0n) is 13.1. The van der Waals surface area contributed by atoms with Crippen LogP contribution < -0.4 is 5.32 Å². The lowest BCUT2D eigenvalue weighted by molar-refractivity contribution is -0.142. The number of likely N-dealkylation sites (tertiary alicyclic amines) is 1. The fourth-order valence-electron chi connectivity index (χ4n) is 2.61. The van der Waals surface area contributed by atoms with Crippen molar-refractivity contribution in [1.29, 1.82) is 0 Å². The summed E-state index contributed by atoms with van der Waals surface area (Å²) in [6, 6.07) is 7.33. The summed E-state index contributed by atoms with van der Waals surface area (Å²) in [4.78, 5) is 25.6. The molecular weight excluding hydrogens is 280 g/mol. The number of piperidine rings is 1. The van der Waals surface area contributed by atoms with E-state index in [0.717, 1.165) is 24.3 Å². The Labute approximate surface area is 131 Å². The first-order valence-electron chi connectivity index (χ1n) is 7.94. The Morgan fingerprint density at radius 3 is 2.45 bits per heavy atom. The van der Waals surface area contributed by atoms with Gasteiger partial charge in [-0.3, -0.25) is 14.5 Å². The number of hydrogen-bond donors (Lipinski definition) is 1. The van der Waals surface area contributed by atoms with Gasteiger partial charge >= 0.3 is 5.97 Å². The lowest BCUT2D eigenvalue weighted by atomic mass is 10.1. The minimum absolute atomic E-state index is 0.0139. The molecule has 0 radical (unpaired) electrons. The van der Waals surface area contributed by atoms with Gasteiger partial charge in [0.05, 0.1) is 19.6 Å². The largest absolute Gasteiger partial charge is 0.466 e. The van der Waals surface area contributed by atoms with E-state index >= 15 is 0 Å². The Balaban J connectivity index is 1.80. The second kappa shape index (κ2) is 8.54. The average Bonchev–Trinajstić information content (AvgIpc) is 2.50. The number of nitrogens with zero attached hydrogens (tertiary/aromatic N) is 1. The highest BCUT2D eigenvalue weighted by Gasteiger charge is 2.13. The molecule has 0 aromatic heterocycles. The van der Waals surface area contributed by atoms with Gasteiger partial charge in [-0.25, -0.2) is 0 Å². The molecule has 1 aliphatic heterocycles. The molecule has 1 heterocycles. The summed E-state index contributed by atoms with van der Waals surface area (Å²) in [5, 5.41) is 2.90. The number of ether oxygens (including phenoxy) is 1. The van der Waals surface area contributed by atoms with Crippen LogP contribution in [0.4, 0.5) is 5.69 Å². The maximum Gasteiger partial charge on any atom is 0.310 e. The van der Waals surface area contributed by atoms with Crippen LogP contribution >= 0.6 is 0 Å². The van der Waals surface area contributed by atoms with E-state index in [9.17, 15) is 9.59 Å². The highest BCUT2D eigenvalue weighted by atomic mass is 16.5. The maximum absolute atomic E-state index is 12.0. The van der Waals surface area contributed by atoms with Crippen molar-refractivity contribution in [2.24, 2.45) is 0 Å². The van der Waals surface area contributed by atoms with Gasteiger partial charge in [0.15, 0.2) is 0 Å². The first kappa shape index (κ1) is 16.5. The average molecular weight is 304 g/mol. The number of carbonyl (C=O) groups excluding carboxylic acids is 2. The predicted octanol–water partition coefficient (Wildman–Crippen LogP) is 2.22. The molecule has 5 heteroatoms. The van der Waals surface area contributed by atoms with Crippen molar-refractivity contribution in [3.05, 3.63) is 29.8 Å². The second-order valence-corrected chi connectivity index (χ2v) is 5.56. The fourth-order valence-corrected chi connectivity index (χ4v) is 2.61. The molecule has 1 saturated heterocycles. The number of esters is 1. The lowest BCUT2D eigenvalue weighted by Gasteiger charge is -2.25. The third-order valence-electron chi connectivity index (χ3n) is 3.71. The van der Waals surface area contributed by atoms with Gasteiger partial charge in [-0.2, -0.15) is 0 Å². The number of carbonyl (C=O) groups is 2. The van der Waals surface area contributed by atoms with Crippen LogP contribution in [0, 0.1) is 0 Å². The van der Waals surface area contributed by atoms with E-state index < -0.39 is 0 Å². The van der Waals surface area contributed by atoms with E-state index in [-0.39, 0.29) is 18.3 Å². The SMILES string of the molecule is CCOC(=O)Cc1ccc(NC(=O)CN2CCCCC2)cc1. The van der Waals surface area contributed by atoms with Gasteiger partial charge in [-0.1, -0.05) is 18.6 Å². The van der Waals surface area contributed by atoms with Crippen molar-refractivity contribution in [3.8, 4) is 0 Å². The van der Waals surface area contributed by atoms with Gasteiger partial charge in [0.2, 0.25) is 5.91 Å². The molecule has 120 valence electrons. The van der Waals surface area contributed by atoms with E-state index in [0.29, 0.717) is 13.2 Å². The molecule has 2 rings (SSSR count). The summed E-state index contributed by atoms with van der Waals surface area (Å²) in [7, 11) is 0. The lowest BCUT2D eigenvalue weighted by Crippen LogP contribution is -2.36. The van der Waals surface area contributed by atoms with Crippen molar-refractivity contribution in [1.82, 2.24) is 4.90 Å². The standard InChI is InChI=1S/C17H24N2O3/c1-2-22-17(21)12-14-6-8-15(9-7-14)18-16(20)13-19-10-4-3-5-11-19/h6-9H,2-5,10-13H2,1H3,(H,18,20). The third kappa shape index (κ3) is 5.48. The molecule has 0 saturated carbocycles. The van der Waals surface area contributed by atoms with Crippen LogP contribution in [0.3, 0.4) is 0 Å². The van der Waals surface area contributed by atoms with Crippen LogP contribution in [0.2, 0.25) is 0 Å². The van der Waals surface area contributed by atoms with E-state index in [4.69, 9.17) is 4.74 Å². The monoisotopic (exact) mass is 304 g/mol. The zero-order chi connectivity index (χ0) is 15.8. The van der Waals surface area contributed by atoms with Crippen molar-refractivity contribution < 1.29 is 14.3 Å². The minimum Gasteiger partial charge on any atom is -0.466 e. The fraction of sp³-hybridized carbons (Fsp3) is 0.529. The summed E-state index contributed by atoms with van der Waals surface area (Å²) in [6.07, 6.45) is 3.88. The summed E-state index contributed by atoms with van der Waals surface area (Å²) in [6.45, 7) is 4.64. The first-order valence-corrected chi connectivity index (χ1v) is 7.94. The number of benzene rings is 1. The van der Waals surface area contributed by atoms with Crippen LogP contribution in [0.15, 0.2) is 24.3 Å². The topological polar surface area (TPSA) is 58.6 Å². The quantitative estimate of drug-likeness (QED) is 0.819. The van der Waals surface area contributed by atoms with Crippen LogP contribution in [-0.4, -0.2) is 43.0 Å². The highest BCUT2D eigenvalue weighted by Crippen LogP contribution is 2.12. The van der Waals surface area contributed by atoms with Gasteiger partial charge in [-0.15, -0.1) is 0 Å². The first-order chi connectivity index (χ1) is 10.7. The number of anilines is 1. The zero-order valence-corrected chi connectivity index (χ0v) is 13.1. The van der Waals surface area contributed by atoms with Crippen LogP contribution in [0.25, 0.3) is 0 Å². The maximum atomic E-state index is 12.0. The third-order valence-corrected chi connectivity index (χ3v) is 3.71. The number of rotatable bonds is 6. The summed E-state index contributed by atoms with van der Waals surface area (Å²) < 4.78 is 4.91. The molecule has 5 nitrogen and oxygen atoms in total. The van der Waals surface area contributed by atoms with E-state index in [2.05, 4.69) is 10.2 Å². The molecule has 1 amide bonds. The van der Waals surface area contributed by atoms with E-state index in [1.807, 2.05) is 24.3 Å². The number of hydrogen-bond acceptors (Lipinski definition) is 4. The van der Waals surface area contributed by atoms with E-state index in [1.54, 1.807) is 6.92 Å². The molecular formula is C17H24N2O3. The normalized spacial score (nSPS) is 15.3. The van der Waals surface area contributed by atoms with Crippen molar-refractivity contribution in [2.75, 3.05) is 31.6 Å². The molecule has 0 unspecified atom stereocenters. The Morgan fingerprint density at radius 2 is 1.82 bits per heavy atom. The molecule has 1 fully saturated rings. The minimum atomic E-state index is -0.232. The smallest absolute Gasteiger partial charge is 0.310 e. The summed E-state index contributed by atoms with van der Waals surface area (Å²) in [5.74, 6) is -0.218. The Bertz CT molecular complexity index is 493. The van der Waals surface area contributed by atoms with Crippen LogP contribution in [0.5, 0.6) is 0 Å². The molecule has 1 aromatic carbocycles. The molecule has 1 aliphatic rings.